The smallest absolute Gasteiger partial charge is 0.828 e. The van der Waals surface area contributed by atoms with Gasteiger partial charge in [0.15, 0.2) is 0 Å². The first-order chi connectivity index (χ1) is 3.00. The largest absolute Gasteiger partial charge is 1.00 e. The van der Waals surface area contributed by atoms with Crippen molar-refractivity contribution in [3.05, 3.63) is 4.91 Å². The third kappa shape index (κ3) is 2670. The summed E-state index contributed by atoms with van der Waals surface area (Å²) in [5, 5.41) is 0. The van der Waals surface area contributed by atoms with Crippen molar-refractivity contribution in [1.29, 1.82) is 0 Å². The summed E-state index contributed by atoms with van der Waals surface area (Å²) >= 11 is 0. The fourth-order valence-electron chi connectivity index (χ4n) is 0. The summed E-state index contributed by atoms with van der Waals surface area (Å²) in [4.78, 5) is 39.6. The molecule has 0 aliphatic heterocycles. The number of nitroso groups, excluding NO2 is 1. The molecule has 0 aliphatic carbocycles. The van der Waals surface area contributed by atoms with Crippen LogP contribution < -0.4 is 34.0 Å². The maximum absolute atomic E-state index is 8.80. The van der Waals surface area contributed by atoms with E-state index in [1.54, 1.807) is 0 Å². The van der Waals surface area contributed by atoms with Gasteiger partial charge >= 0.3 is 18.9 Å². The van der Waals surface area contributed by atoms with E-state index in [2.05, 4.69) is 5.59 Å². The van der Waals surface area contributed by atoms with E-state index in [-0.39, 0.29) is 18.9 Å². The van der Waals surface area contributed by atoms with E-state index in [4.69, 9.17) is 24.1 Å². The molecule has 44 valence electrons. The van der Waals surface area contributed by atoms with Crippen molar-refractivity contribution in [2.75, 3.05) is 0 Å². The summed E-state index contributed by atoms with van der Waals surface area (Å²) in [6, 6.07) is 0. The van der Waals surface area contributed by atoms with Crippen LogP contribution in [0.3, 0.4) is 0 Å². The van der Waals surface area contributed by atoms with Crippen molar-refractivity contribution < 1.29 is 43.6 Å². The first kappa shape index (κ1) is 15.7. The summed E-state index contributed by atoms with van der Waals surface area (Å²) in [5.74, 6) is 0. The fraction of sp³-hybridized carbons (Fsp3) is 0. The Morgan fingerprint density at radius 1 is 1.25 bits per heavy atom. The van der Waals surface area contributed by atoms with Gasteiger partial charge in [-0.3, -0.25) is 0 Å². The van der Waals surface area contributed by atoms with Gasteiger partial charge in [0.1, 0.15) is 9.05 Å². The van der Waals surface area contributed by atoms with Gasteiger partial charge in [0.2, 0.25) is 0 Å². The van der Waals surface area contributed by atoms with E-state index in [1.807, 2.05) is 0 Å². The van der Waals surface area contributed by atoms with Gasteiger partial charge < -0.3 is 19.2 Å². The van der Waals surface area contributed by atoms with Crippen LogP contribution in [-0.4, -0.2) is 18.6 Å². The van der Waals surface area contributed by atoms with Gasteiger partial charge in [0, 0.05) is 4.91 Å². The van der Waals surface area contributed by atoms with Gasteiger partial charge in [-0.2, -0.15) is 0 Å². The molecule has 0 aromatic carbocycles. The molecular formula is H4LiNO5Si. The molecule has 0 rings (SSSR count). The van der Waals surface area contributed by atoms with Crippen LogP contribution in [0.5, 0.6) is 0 Å². The molecule has 4 N–H and O–H groups in total. The van der Waals surface area contributed by atoms with Crippen molar-refractivity contribution in [2.24, 2.45) is 0 Å². The zero-order chi connectivity index (χ0) is 6.50. The quantitative estimate of drug-likeness (QED) is 0.282. The van der Waals surface area contributed by atoms with Gasteiger partial charge in [-0.05, 0) is 5.59 Å². The van der Waals surface area contributed by atoms with Crippen LogP contribution in [0.1, 0.15) is 0 Å². The van der Waals surface area contributed by atoms with Crippen molar-refractivity contribution in [3.63, 3.8) is 0 Å². The zero-order valence-corrected chi connectivity index (χ0v) is 5.20. The van der Waals surface area contributed by atoms with E-state index in [0.29, 0.717) is 0 Å². The molecule has 0 aromatic heterocycles. The van der Waals surface area contributed by atoms with Crippen LogP contribution in [-0.2, 0) is 0 Å². The number of nitrogens with two attached hydrogens (primary N) is 1. The molecule has 0 saturated carbocycles. The summed E-state index contributed by atoms with van der Waals surface area (Å²) in [7, 11) is -5.11. The molecule has 0 bridgehead atoms. The molecule has 0 unspecified atom stereocenters. The second kappa shape index (κ2) is 7.25. The molecule has 8 heteroatoms. The zero-order valence-electron chi connectivity index (χ0n) is 4.20. The van der Waals surface area contributed by atoms with Gasteiger partial charge in [0.05, 0.1) is 0 Å². The van der Waals surface area contributed by atoms with Crippen LogP contribution in [0, 0.1) is 4.91 Å². The average molecular weight is 133 g/mol. The second-order valence-corrected chi connectivity index (χ2v) is 1.65. The van der Waals surface area contributed by atoms with Crippen LogP contribution >= 0.6 is 0 Å². The number of rotatable bonds is 0. The minimum Gasteiger partial charge on any atom is -0.828 e. The van der Waals surface area contributed by atoms with E-state index >= 15 is 0 Å². The molecule has 8 heavy (non-hydrogen) atoms. The maximum Gasteiger partial charge on any atom is 1.00 e. The molecule has 0 fully saturated rings. The molecule has 0 radical (unpaired) electrons. The van der Waals surface area contributed by atoms with Crippen LogP contribution in [0.15, 0.2) is 0 Å². The molecule has 0 amide bonds. The average Bonchev–Trinajstić information content (AvgIpc) is 1.36. The minimum absolute atomic E-state index is 0. The molecule has 0 aliphatic rings. The minimum atomic E-state index is -5.11. The summed E-state index contributed by atoms with van der Waals surface area (Å²) in [6.45, 7) is 0. The Hall–Kier alpha value is 0.254. The second-order valence-electron chi connectivity index (χ2n) is 0.548. The predicted octanol–water partition coefficient (Wildman–Crippen LogP) is -8.36. The van der Waals surface area contributed by atoms with Crippen LogP contribution in [0.2, 0.25) is 0 Å². The first-order valence-electron chi connectivity index (χ1n) is 1.09. The SMILES string of the molecule is [Li+].[NH2+]=O.[O-][Si]([O-])(O)O. The predicted molar refractivity (Wildman–Crippen MR) is 15.5 cm³/mol. The van der Waals surface area contributed by atoms with Gasteiger partial charge in [-0.1, -0.05) is 0 Å². The Balaban J connectivity index is -0.0000000750. The van der Waals surface area contributed by atoms with Gasteiger partial charge in [0.25, 0.3) is 0 Å². The summed E-state index contributed by atoms with van der Waals surface area (Å²) < 4.78 is 0. The van der Waals surface area contributed by atoms with Gasteiger partial charge in [-0.15, -0.1) is 0 Å². The standard InChI is InChI=1S/Li.H2NO.H2O4Si/c;1-2;1-5(2,3)4/h;1H2;1-2H/q2*+1;-2. The normalized spacial score (nSPS) is 8.00. The van der Waals surface area contributed by atoms with Gasteiger partial charge in [-0.25, -0.2) is 0 Å². The Bertz CT molecular complexity index is 36.2. The molecule has 6 nitrogen and oxygen atoms in total. The maximum atomic E-state index is 8.80. The summed E-state index contributed by atoms with van der Waals surface area (Å²) in [5.41, 5.74) is 3.25. The van der Waals surface area contributed by atoms with Crippen molar-refractivity contribution >= 4 is 9.05 Å². The van der Waals surface area contributed by atoms with Crippen molar-refractivity contribution in [3.8, 4) is 0 Å². The van der Waals surface area contributed by atoms with E-state index in [1.165, 1.54) is 0 Å². The number of hydrogen-bond donors (Lipinski definition) is 3. The fourth-order valence-corrected chi connectivity index (χ4v) is 0. The molecule has 0 spiro atoms. The van der Waals surface area contributed by atoms with Crippen molar-refractivity contribution in [1.82, 2.24) is 0 Å². The third-order valence-electron chi connectivity index (χ3n) is 0. The Morgan fingerprint density at radius 3 is 1.25 bits per heavy atom. The molecule has 0 heterocycles. The molecule has 0 saturated heterocycles. The Kier molecular flexibility index (Phi) is 14.3. The monoisotopic (exact) mass is 133 g/mol. The van der Waals surface area contributed by atoms with Crippen LogP contribution in [0.25, 0.3) is 0 Å². The van der Waals surface area contributed by atoms with E-state index < -0.39 is 9.05 Å². The Labute approximate surface area is 58.2 Å². The molecule has 0 atom stereocenters. The summed E-state index contributed by atoms with van der Waals surface area (Å²) in [6.07, 6.45) is 0. The third-order valence-corrected chi connectivity index (χ3v) is 0. The van der Waals surface area contributed by atoms with Crippen LogP contribution in [0.4, 0.5) is 0 Å². The van der Waals surface area contributed by atoms with E-state index in [9.17, 15) is 0 Å². The molecular weight excluding hydrogens is 129 g/mol. The topological polar surface area (TPSA) is 129 Å². The van der Waals surface area contributed by atoms with E-state index in [0.717, 1.165) is 0 Å². The Morgan fingerprint density at radius 2 is 1.25 bits per heavy atom. The first-order valence-corrected chi connectivity index (χ1v) is 2.80. The molecule has 0 aromatic rings. The number of hydrogen-bond acceptors (Lipinski definition) is 5. The van der Waals surface area contributed by atoms with Crippen molar-refractivity contribution in [2.45, 2.75) is 0 Å².